The Kier molecular flexibility index (Phi) is 4.69. The van der Waals surface area contributed by atoms with Crippen LogP contribution in [0.1, 0.15) is 17.3 Å². The average molecular weight is 375 g/mol. The number of methoxy groups -OCH3 is 1. The first-order valence-electron chi connectivity index (χ1n) is 9.19. The van der Waals surface area contributed by atoms with Crippen molar-refractivity contribution in [2.75, 3.05) is 25.1 Å². The summed E-state index contributed by atoms with van der Waals surface area (Å²) in [6.45, 7) is 2.68. The van der Waals surface area contributed by atoms with Gasteiger partial charge in [-0.2, -0.15) is 0 Å². The van der Waals surface area contributed by atoms with Crippen LogP contribution >= 0.6 is 0 Å². The van der Waals surface area contributed by atoms with Crippen molar-refractivity contribution in [2.45, 2.75) is 13.0 Å². The van der Waals surface area contributed by atoms with Gasteiger partial charge in [-0.3, -0.25) is 14.6 Å². The number of rotatable bonds is 3. The van der Waals surface area contributed by atoms with Gasteiger partial charge in [0.25, 0.3) is 5.91 Å². The Labute approximate surface area is 163 Å². The zero-order valence-electron chi connectivity index (χ0n) is 15.8. The summed E-state index contributed by atoms with van der Waals surface area (Å²) >= 11 is 0. The highest BCUT2D eigenvalue weighted by atomic mass is 16.5. The van der Waals surface area contributed by atoms with Crippen LogP contribution in [0, 0.1) is 0 Å². The number of aromatic nitrogens is 1. The lowest BCUT2D eigenvalue weighted by atomic mass is 10.1. The monoisotopic (exact) mass is 375 g/mol. The summed E-state index contributed by atoms with van der Waals surface area (Å²) in [5.74, 6) is 0.467. The smallest absolute Gasteiger partial charge is 0.256 e. The molecule has 6 nitrogen and oxygen atoms in total. The van der Waals surface area contributed by atoms with E-state index in [0.29, 0.717) is 18.7 Å². The number of benzene rings is 2. The number of fused-ring (bicyclic) bond motifs is 1. The summed E-state index contributed by atoms with van der Waals surface area (Å²) < 4.78 is 5.17. The van der Waals surface area contributed by atoms with Crippen LogP contribution in [0.3, 0.4) is 0 Å². The van der Waals surface area contributed by atoms with Crippen LogP contribution < -0.4 is 9.64 Å². The molecule has 0 saturated carbocycles. The number of hydrogen-bond donors (Lipinski definition) is 0. The standard InChI is InChI=1S/C22H21N3O3/c1-15-21(26)25(18-7-9-19(28-2)10-8-18)12-11-24(15)22(27)17-13-16-5-3-4-6-20(16)23-14-17/h3-10,13-15H,11-12H2,1-2H3/t15-/m1/s1. The molecule has 3 aromatic rings. The number of hydrogen-bond acceptors (Lipinski definition) is 4. The fourth-order valence-corrected chi connectivity index (χ4v) is 3.52. The molecule has 28 heavy (non-hydrogen) atoms. The maximum Gasteiger partial charge on any atom is 0.256 e. The molecule has 1 saturated heterocycles. The second-order valence-electron chi connectivity index (χ2n) is 6.78. The van der Waals surface area contributed by atoms with Crippen molar-refractivity contribution in [2.24, 2.45) is 0 Å². The zero-order chi connectivity index (χ0) is 19.7. The van der Waals surface area contributed by atoms with Gasteiger partial charge in [0, 0.05) is 30.4 Å². The van der Waals surface area contributed by atoms with Gasteiger partial charge in [0.05, 0.1) is 18.2 Å². The fraction of sp³-hybridized carbons (Fsp3) is 0.227. The minimum atomic E-state index is -0.546. The molecular weight excluding hydrogens is 354 g/mol. The van der Waals surface area contributed by atoms with Gasteiger partial charge in [0.1, 0.15) is 11.8 Å². The fourth-order valence-electron chi connectivity index (χ4n) is 3.52. The number of nitrogens with zero attached hydrogens (tertiary/aromatic N) is 3. The van der Waals surface area contributed by atoms with E-state index in [1.54, 1.807) is 30.0 Å². The molecule has 2 amide bonds. The van der Waals surface area contributed by atoms with Gasteiger partial charge in [-0.1, -0.05) is 18.2 Å². The van der Waals surface area contributed by atoms with Gasteiger partial charge in [-0.15, -0.1) is 0 Å². The Morgan fingerprint density at radius 2 is 1.86 bits per heavy atom. The molecule has 1 atom stereocenters. The van der Waals surface area contributed by atoms with E-state index in [4.69, 9.17) is 4.74 Å². The molecule has 6 heteroatoms. The van der Waals surface area contributed by atoms with E-state index in [9.17, 15) is 9.59 Å². The van der Waals surface area contributed by atoms with E-state index in [1.807, 2.05) is 54.6 Å². The Balaban J connectivity index is 1.54. The third-order valence-electron chi connectivity index (χ3n) is 5.14. The highest BCUT2D eigenvalue weighted by Crippen LogP contribution is 2.24. The van der Waals surface area contributed by atoms with Crippen LogP contribution in [0.25, 0.3) is 10.9 Å². The topological polar surface area (TPSA) is 62.7 Å². The van der Waals surface area contributed by atoms with Crippen molar-refractivity contribution in [3.8, 4) is 5.75 Å². The molecular formula is C22H21N3O3. The van der Waals surface area contributed by atoms with E-state index >= 15 is 0 Å². The molecule has 2 aromatic carbocycles. The number of carbonyl (C=O) groups is 2. The van der Waals surface area contributed by atoms with Gasteiger partial charge in [-0.05, 0) is 43.3 Å². The summed E-state index contributed by atoms with van der Waals surface area (Å²) in [6.07, 6.45) is 1.58. The van der Waals surface area contributed by atoms with Crippen LogP contribution in [-0.2, 0) is 4.79 Å². The van der Waals surface area contributed by atoms with Crippen LogP contribution in [0.15, 0.2) is 60.8 Å². The normalized spacial score (nSPS) is 17.1. The van der Waals surface area contributed by atoms with Crippen molar-refractivity contribution in [1.82, 2.24) is 9.88 Å². The minimum Gasteiger partial charge on any atom is -0.497 e. The molecule has 1 aliphatic rings. The summed E-state index contributed by atoms with van der Waals surface area (Å²) in [5, 5.41) is 0.907. The van der Waals surface area contributed by atoms with E-state index in [-0.39, 0.29) is 11.8 Å². The Bertz CT molecular complexity index is 1030. The lowest BCUT2D eigenvalue weighted by molar-refractivity contribution is -0.124. The van der Waals surface area contributed by atoms with Crippen molar-refractivity contribution >= 4 is 28.4 Å². The first-order chi connectivity index (χ1) is 13.6. The molecule has 0 radical (unpaired) electrons. The maximum absolute atomic E-state index is 13.0. The Hall–Kier alpha value is -3.41. The van der Waals surface area contributed by atoms with Gasteiger partial charge in [0.2, 0.25) is 5.91 Å². The summed E-state index contributed by atoms with van der Waals surface area (Å²) in [5.41, 5.74) is 2.14. The predicted molar refractivity (Wildman–Crippen MR) is 108 cm³/mol. The number of piperazine rings is 1. The highest BCUT2D eigenvalue weighted by Gasteiger charge is 2.35. The summed E-state index contributed by atoms with van der Waals surface area (Å²) in [7, 11) is 1.61. The van der Waals surface area contributed by atoms with Crippen molar-refractivity contribution in [1.29, 1.82) is 0 Å². The van der Waals surface area contributed by atoms with Crippen molar-refractivity contribution < 1.29 is 14.3 Å². The Morgan fingerprint density at radius 1 is 1.11 bits per heavy atom. The summed E-state index contributed by atoms with van der Waals surface area (Å²) in [4.78, 5) is 33.6. The number of ether oxygens (including phenoxy) is 1. The number of pyridine rings is 1. The number of amides is 2. The van der Waals surface area contributed by atoms with E-state index in [2.05, 4.69) is 4.98 Å². The number of anilines is 1. The van der Waals surface area contributed by atoms with Crippen LogP contribution in [0.4, 0.5) is 5.69 Å². The molecule has 0 unspecified atom stereocenters. The molecule has 0 aliphatic carbocycles. The van der Waals surface area contributed by atoms with E-state index in [0.717, 1.165) is 22.3 Å². The van der Waals surface area contributed by atoms with Crippen LogP contribution in [-0.4, -0.2) is 47.9 Å². The van der Waals surface area contributed by atoms with Gasteiger partial charge in [-0.25, -0.2) is 0 Å². The maximum atomic E-state index is 13.0. The molecule has 0 spiro atoms. The SMILES string of the molecule is COc1ccc(N2CCN(C(=O)c3cnc4ccccc4c3)[C@H](C)C2=O)cc1. The molecule has 0 N–H and O–H groups in total. The minimum absolute atomic E-state index is 0.0986. The van der Waals surface area contributed by atoms with Crippen LogP contribution in [0.5, 0.6) is 5.75 Å². The lowest BCUT2D eigenvalue weighted by Crippen LogP contribution is -2.57. The second kappa shape index (κ2) is 7.31. The molecule has 4 rings (SSSR count). The highest BCUT2D eigenvalue weighted by molar-refractivity contribution is 6.04. The van der Waals surface area contributed by atoms with Crippen LogP contribution in [0.2, 0.25) is 0 Å². The number of carbonyl (C=O) groups excluding carboxylic acids is 2. The first-order valence-corrected chi connectivity index (χ1v) is 9.19. The number of para-hydroxylation sites is 1. The van der Waals surface area contributed by atoms with Gasteiger partial charge in [0.15, 0.2) is 0 Å². The lowest BCUT2D eigenvalue weighted by Gasteiger charge is -2.39. The molecule has 1 aliphatic heterocycles. The van der Waals surface area contributed by atoms with Crippen molar-refractivity contribution in [3.05, 3.63) is 66.4 Å². The van der Waals surface area contributed by atoms with E-state index < -0.39 is 6.04 Å². The third-order valence-corrected chi connectivity index (χ3v) is 5.14. The van der Waals surface area contributed by atoms with Gasteiger partial charge >= 0.3 is 0 Å². The van der Waals surface area contributed by atoms with Crippen molar-refractivity contribution in [3.63, 3.8) is 0 Å². The largest absolute Gasteiger partial charge is 0.497 e. The first kappa shape index (κ1) is 18.0. The molecule has 1 fully saturated rings. The van der Waals surface area contributed by atoms with Gasteiger partial charge < -0.3 is 14.5 Å². The zero-order valence-corrected chi connectivity index (χ0v) is 15.8. The molecule has 1 aromatic heterocycles. The summed E-state index contributed by atoms with van der Waals surface area (Å²) in [6, 6.07) is 16.3. The molecule has 142 valence electrons. The second-order valence-corrected chi connectivity index (χ2v) is 6.78. The molecule has 2 heterocycles. The predicted octanol–water partition coefficient (Wildman–Crippen LogP) is 3.12. The quantitative estimate of drug-likeness (QED) is 0.706. The Morgan fingerprint density at radius 3 is 2.61 bits per heavy atom. The van der Waals surface area contributed by atoms with E-state index in [1.165, 1.54) is 0 Å². The third kappa shape index (κ3) is 3.17. The average Bonchev–Trinajstić information content (AvgIpc) is 2.75. The molecule has 0 bridgehead atoms.